The van der Waals surface area contributed by atoms with Crippen LogP contribution in [0.1, 0.15) is 37.4 Å². The second-order valence-corrected chi connectivity index (χ2v) is 4.58. The van der Waals surface area contributed by atoms with Gasteiger partial charge in [-0.05, 0) is 38.1 Å². The Morgan fingerprint density at radius 1 is 1.19 bits per heavy atom. The third kappa shape index (κ3) is 3.29. The first-order chi connectivity index (χ1) is 7.86. The van der Waals surface area contributed by atoms with Gasteiger partial charge in [0.25, 0.3) is 0 Å². The van der Waals surface area contributed by atoms with Gasteiger partial charge in [-0.3, -0.25) is 4.98 Å². The quantitative estimate of drug-likeness (QED) is 0.845. The Morgan fingerprint density at radius 2 is 1.94 bits per heavy atom. The van der Waals surface area contributed by atoms with Crippen molar-refractivity contribution in [1.82, 2.24) is 9.88 Å². The predicted octanol–water partition coefficient (Wildman–Crippen LogP) is 1.96. The highest BCUT2D eigenvalue weighted by molar-refractivity contribution is 5.08. The van der Waals surface area contributed by atoms with E-state index in [1.165, 1.54) is 38.8 Å². The topological polar surface area (TPSA) is 42.1 Å². The van der Waals surface area contributed by atoms with Gasteiger partial charge < -0.3 is 10.6 Å². The van der Waals surface area contributed by atoms with Crippen LogP contribution in [0.3, 0.4) is 0 Å². The predicted molar refractivity (Wildman–Crippen MR) is 66.1 cm³/mol. The minimum absolute atomic E-state index is 0.0549. The van der Waals surface area contributed by atoms with Crippen LogP contribution in [-0.2, 0) is 0 Å². The lowest BCUT2D eigenvalue weighted by Gasteiger charge is -2.23. The van der Waals surface area contributed by atoms with E-state index in [1.807, 2.05) is 24.4 Å². The van der Waals surface area contributed by atoms with Crippen molar-refractivity contribution < 1.29 is 0 Å². The van der Waals surface area contributed by atoms with Gasteiger partial charge in [0.05, 0.1) is 11.7 Å². The molecule has 0 spiro atoms. The van der Waals surface area contributed by atoms with Gasteiger partial charge in [-0.1, -0.05) is 18.9 Å². The van der Waals surface area contributed by atoms with E-state index >= 15 is 0 Å². The number of nitrogens with two attached hydrogens (primary N) is 1. The molecule has 1 unspecified atom stereocenters. The Balaban J connectivity index is 1.88. The molecule has 0 saturated carbocycles. The third-order valence-electron chi connectivity index (χ3n) is 3.22. The van der Waals surface area contributed by atoms with Gasteiger partial charge in [-0.15, -0.1) is 0 Å². The van der Waals surface area contributed by atoms with Gasteiger partial charge in [0.15, 0.2) is 0 Å². The summed E-state index contributed by atoms with van der Waals surface area (Å²) in [5.41, 5.74) is 7.18. The fraction of sp³-hybridized carbons (Fsp3) is 0.615. The summed E-state index contributed by atoms with van der Waals surface area (Å²) in [7, 11) is 0. The van der Waals surface area contributed by atoms with E-state index < -0.39 is 0 Å². The number of rotatable bonds is 3. The summed E-state index contributed by atoms with van der Waals surface area (Å²) in [4.78, 5) is 6.79. The molecule has 2 rings (SSSR count). The lowest BCUT2D eigenvalue weighted by atomic mass is 10.2. The van der Waals surface area contributed by atoms with Crippen LogP contribution in [-0.4, -0.2) is 29.5 Å². The summed E-state index contributed by atoms with van der Waals surface area (Å²) in [5, 5.41) is 0. The summed E-state index contributed by atoms with van der Waals surface area (Å²) >= 11 is 0. The minimum atomic E-state index is 0.0549. The molecule has 1 aromatic rings. The van der Waals surface area contributed by atoms with Crippen LogP contribution in [0.15, 0.2) is 24.4 Å². The van der Waals surface area contributed by atoms with Crippen LogP contribution in [0, 0.1) is 0 Å². The number of likely N-dealkylation sites (tertiary alicyclic amines) is 1. The Hall–Kier alpha value is -0.930. The minimum Gasteiger partial charge on any atom is -0.322 e. The molecule has 2 N–H and O–H groups in total. The molecule has 3 heteroatoms. The number of aromatic nitrogens is 1. The maximum absolute atomic E-state index is 6.17. The van der Waals surface area contributed by atoms with Gasteiger partial charge in [-0.25, -0.2) is 0 Å². The fourth-order valence-corrected chi connectivity index (χ4v) is 2.29. The lowest BCUT2D eigenvalue weighted by molar-refractivity contribution is 0.266. The van der Waals surface area contributed by atoms with Crippen molar-refractivity contribution in [3.8, 4) is 0 Å². The molecule has 2 heterocycles. The molecule has 1 atom stereocenters. The molecule has 0 aromatic carbocycles. The van der Waals surface area contributed by atoms with Gasteiger partial charge in [0, 0.05) is 12.7 Å². The maximum atomic E-state index is 6.17. The first-order valence-electron chi connectivity index (χ1n) is 6.25. The summed E-state index contributed by atoms with van der Waals surface area (Å²) in [5.74, 6) is 0. The van der Waals surface area contributed by atoms with Crippen LogP contribution < -0.4 is 5.73 Å². The highest BCUT2D eigenvalue weighted by Gasteiger charge is 2.14. The molecule has 0 aliphatic carbocycles. The largest absolute Gasteiger partial charge is 0.322 e. The molecule has 1 aliphatic heterocycles. The molecule has 0 bridgehead atoms. The van der Waals surface area contributed by atoms with Gasteiger partial charge >= 0.3 is 0 Å². The molecule has 1 fully saturated rings. The molecule has 3 nitrogen and oxygen atoms in total. The standard InChI is InChI=1S/C13H21N3/c14-12(13-7-3-4-8-15-13)11-16-9-5-1-2-6-10-16/h3-4,7-8,12H,1-2,5-6,9-11,14H2. The van der Waals surface area contributed by atoms with Gasteiger partial charge in [0.1, 0.15) is 0 Å². The van der Waals surface area contributed by atoms with Crippen molar-refractivity contribution in [2.75, 3.05) is 19.6 Å². The van der Waals surface area contributed by atoms with Crippen molar-refractivity contribution in [1.29, 1.82) is 0 Å². The number of hydrogen-bond acceptors (Lipinski definition) is 3. The highest BCUT2D eigenvalue weighted by Crippen LogP contribution is 2.13. The first kappa shape index (κ1) is 11.6. The van der Waals surface area contributed by atoms with Crippen LogP contribution in [0.4, 0.5) is 0 Å². The zero-order valence-electron chi connectivity index (χ0n) is 9.81. The Bertz CT molecular complexity index is 291. The van der Waals surface area contributed by atoms with Crippen LogP contribution >= 0.6 is 0 Å². The van der Waals surface area contributed by atoms with Gasteiger partial charge in [0.2, 0.25) is 0 Å². The molecule has 1 aromatic heterocycles. The average Bonchev–Trinajstić information content (AvgIpc) is 2.59. The zero-order valence-corrected chi connectivity index (χ0v) is 9.81. The van der Waals surface area contributed by atoms with Crippen molar-refractivity contribution in [3.63, 3.8) is 0 Å². The van der Waals surface area contributed by atoms with Crippen molar-refractivity contribution in [2.45, 2.75) is 31.7 Å². The van der Waals surface area contributed by atoms with E-state index in [-0.39, 0.29) is 6.04 Å². The molecule has 0 radical (unpaired) electrons. The molecular formula is C13H21N3. The fourth-order valence-electron chi connectivity index (χ4n) is 2.29. The molecule has 1 saturated heterocycles. The van der Waals surface area contributed by atoms with Crippen LogP contribution in [0.25, 0.3) is 0 Å². The summed E-state index contributed by atoms with van der Waals surface area (Å²) in [6.07, 6.45) is 7.19. The zero-order chi connectivity index (χ0) is 11.2. The monoisotopic (exact) mass is 219 g/mol. The lowest BCUT2D eigenvalue weighted by Crippen LogP contribution is -2.33. The third-order valence-corrected chi connectivity index (χ3v) is 3.22. The molecule has 16 heavy (non-hydrogen) atoms. The van der Waals surface area contributed by atoms with Crippen LogP contribution in [0.5, 0.6) is 0 Å². The smallest absolute Gasteiger partial charge is 0.0599 e. The summed E-state index contributed by atoms with van der Waals surface area (Å²) < 4.78 is 0. The number of pyridine rings is 1. The van der Waals surface area contributed by atoms with E-state index in [1.54, 1.807) is 0 Å². The van der Waals surface area contributed by atoms with E-state index in [0.717, 1.165) is 12.2 Å². The molecule has 0 amide bonds. The summed E-state index contributed by atoms with van der Waals surface area (Å²) in [6, 6.07) is 6.01. The van der Waals surface area contributed by atoms with E-state index in [0.29, 0.717) is 0 Å². The van der Waals surface area contributed by atoms with Crippen molar-refractivity contribution >= 4 is 0 Å². The summed E-state index contributed by atoms with van der Waals surface area (Å²) in [6.45, 7) is 3.33. The van der Waals surface area contributed by atoms with Crippen molar-refractivity contribution in [2.24, 2.45) is 5.73 Å². The Morgan fingerprint density at radius 3 is 2.56 bits per heavy atom. The normalized spacial score (nSPS) is 20.3. The number of hydrogen-bond donors (Lipinski definition) is 1. The first-order valence-corrected chi connectivity index (χ1v) is 6.25. The Labute approximate surface area is 97.7 Å². The van der Waals surface area contributed by atoms with E-state index in [9.17, 15) is 0 Å². The van der Waals surface area contributed by atoms with E-state index in [2.05, 4.69) is 9.88 Å². The maximum Gasteiger partial charge on any atom is 0.0599 e. The molecular weight excluding hydrogens is 198 g/mol. The van der Waals surface area contributed by atoms with Gasteiger partial charge in [-0.2, -0.15) is 0 Å². The highest BCUT2D eigenvalue weighted by atomic mass is 15.1. The second-order valence-electron chi connectivity index (χ2n) is 4.58. The molecule has 1 aliphatic rings. The average molecular weight is 219 g/mol. The number of nitrogens with zero attached hydrogens (tertiary/aromatic N) is 2. The molecule has 88 valence electrons. The second kappa shape index (κ2) is 5.97. The van der Waals surface area contributed by atoms with E-state index in [4.69, 9.17) is 5.73 Å². The van der Waals surface area contributed by atoms with Crippen molar-refractivity contribution in [3.05, 3.63) is 30.1 Å². The SMILES string of the molecule is NC(CN1CCCCCC1)c1ccccn1. The Kier molecular flexibility index (Phi) is 4.31. The van der Waals surface area contributed by atoms with Crippen LogP contribution in [0.2, 0.25) is 0 Å².